The molecule has 0 radical (unpaired) electrons. The van der Waals surface area contributed by atoms with E-state index < -0.39 is 20.5 Å². The van der Waals surface area contributed by atoms with Crippen LogP contribution in [0.25, 0.3) is 0 Å². The van der Waals surface area contributed by atoms with Gasteiger partial charge in [0.2, 0.25) is 5.91 Å². The van der Waals surface area contributed by atoms with Crippen LogP contribution in [0.5, 0.6) is 0 Å². The molecule has 0 unspecified atom stereocenters. The lowest BCUT2D eigenvalue weighted by atomic mass is 9.68. The Hall–Kier alpha value is -1.38. The van der Waals surface area contributed by atoms with Crippen LogP contribution in [-0.4, -0.2) is 56.8 Å². The topological polar surface area (TPSA) is 96.9 Å². The molecule has 1 aliphatic carbocycles. The first kappa shape index (κ1) is 24.9. The smallest absolute Gasteiger partial charge is 0.407 e. The van der Waals surface area contributed by atoms with Gasteiger partial charge in [0.1, 0.15) is 6.61 Å². The maximum Gasteiger partial charge on any atom is 0.407 e. The Morgan fingerprint density at radius 1 is 1.40 bits per heavy atom. The molecule has 3 N–H and O–H groups in total. The Balaban J connectivity index is 1.99. The lowest BCUT2D eigenvalue weighted by Gasteiger charge is -2.50. The normalized spacial score (nSPS) is 30.6. The van der Waals surface area contributed by atoms with Crippen LogP contribution in [0.15, 0.2) is 12.7 Å². The molecule has 8 heteroatoms. The summed E-state index contributed by atoms with van der Waals surface area (Å²) in [5.74, 6) is -0.340. The molecule has 2 rings (SSSR count). The number of carbonyl (C=O) groups excluding carboxylic acids is 2. The lowest BCUT2D eigenvalue weighted by molar-refractivity contribution is -0.146. The average molecular weight is 441 g/mol. The Kier molecular flexibility index (Phi) is 8.15. The largest absolute Gasteiger partial charge is 0.445 e. The van der Waals surface area contributed by atoms with Crippen LogP contribution in [0, 0.1) is 17.8 Å². The molecule has 0 bridgehead atoms. The molecule has 0 aromatic rings. The van der Waals surface area contributed by atoms with Crippen molar-refractivity contribution in [1.82, 2.24) is 10.6 Å². The van der Waals surface area contributed by atoms with E-state index in [0.29, 0.717) is 6.54 Å². The number of amides is 2. The number of aliphatic hydroxyl groups is 1. The second-order valence-electron chi connectivity index (χ2n) is 10.3. The molecule has 6 atom stereocenters. The predicted octanol–water partition coefficient (Wildman–Crippen LogP) is 3.20. The van der Waals surface area contributed by atoms with Crippen LogP contribution < -0.4 is 10.6 Å². The molecule has 1 saturated carbocycles. The first-order valence-corrected chi connectivity index (χ1v) is 14.0. The number of carbonyl (C=O) groups is 2. The number of rotatable bonds is 8. The van der Waals surface area contributed by atoms with E-state index in [1.165, 1.54) is 6.08 Å². The Morgan fingerprint density at radius 2 is 2.07 bits per heavy atom. The van der Waals surface area contributed by atoms with Gasteiger partial charge in [0.25, 0.3) is 0 Å². The predicted molar refractivity (Wildman–Crippen MR) is 120 cm³/mol. The molecule has 2 aliphatic rings. The van der Waals surface area contributed by atoms with Crippen molar-refractivity contribution < 1.29 is 23.9 Å². The summed E-state index contributed by atoms with van der Waals surface area (Å²) in [6, 6.07) is -0.0946. The van der Waals surface area contributed by atoms with Gasteiger partial charge in [-0.25, -0.2) is 4.79 Å². The number of nitrogens with one attached hydrogen (secondary N) is 2. The van der Waals surface area contributed by atoms with Crippen molar-refractivity contribution in [3.8, 4) is 0 Å². The Labute approximate surface area is 182 Å². The van der Waals surface area contributed by atoms with Gasteiger partial charge in [0.05, 0.1) is 18.1 Å². The standard InChI is InChI=1S/C22H40N2O5Si/c1-8-12-28-21(27)23-13-15-10-9-11-16(19(15)25)18-17(20(26)24-18)14(2)29-30(6,7)22(3,4)5/h8,14-19,25H,1,9-13H2,2-7H3,(H,23,27)(H,24,26)/t14-,15-,16-,17-,18-,19-/m1/s1. The summed E-state index contributed by atoms with van der Waals surface area (Å²) in [6.07, 6.45) is 2.86. The molecule has 7 nitrogen and oxygen atoms in total. The fourth-order valence-corrected chi connectivity index (χ4v) is 5.76. The van der Waals surface area contributed by atoms with E-state index in [9.17, 15) is 14.7 Å². The molecular weight excluding hydrogens is 400 g/mol. The number of hydrogen-bond acceptors (Lipinski definition) is 5. The van der Waals surface area contributed by atoms with Crippen molar-refractivity contribution in [3.63, 3.8) is 0 Å². The molecule has 0 spiro atoms. The number of β-lactam (4-membered cyclic amide) rings is 1. The zero-order chi connectivity index (χ0) is 22.7. The van der Waals surface area contributed by atoms with Crippen LogP contribution in [0.1, 0.15) is 47.0 Å². The summed E-state index contributed by atoms with van der Waals surface area (Å²) in [6.45, 7) is 17.0. The summed E-state index contributed by atoms with van der Waals surface area (Å²) < 4.78 is 11.4. The number of hydrogen-bond donors (Lipinski definition) is 3. The van der Waals surface area contributed by atoms with Crippen molar-refractivity contribution in [3.05, 3.63) is 12.7 Å². The molecule has 30 heavy (non-hydrogen) atoms. The van der Waals surface area contributed by atoms with Gasteiger partial charge in [-0.3, -0.25) is 4.79 Å². The third-order valence-electron chi connectivity index (χ3n) is 7.13. The fraction of sp³-hybridized carbons (Fsp3) is 0.818. The van der Waals surface area contributed by atoms with Crippen LogP contribution in [0.3, 0.4) is 0 Å². The van der Waals surface area contributed by atoms with Gasteiger partial charge in [0.15, 0.2) is 8.32 Å². The van der Waals surface area contributed by atoms with E-state index in [-0.39, 0.29) is 47.5 Å². The van der Waals surface area contributed by atoms with E-state index >= 15 is 0 Å². The molecule has 2 amide bonds. The van der Waals surface area contributed by atoms with Gasteiger partial charge in [0, 0.05) is 24.4 Å². The minimum absolute atomic E-state index is 0.00617. The van der Waals surface area contributed by atoms with Crippen molar-refractivity contribution in [2.75, 3.05) is 13.2 Å². The molecule has 0 aromatic carbocycles. The van der Waals surface area contributed by atoms with Crippen LogP contribution in [0.4, 0.5) is 4.79 Å². The van der Waals surface area contributed by atoms with E-state index in [1.54, 1.807) is 0 Å². The van der Waals surface area contributed by atoms with Crippen molar-refractivity contribution in [2.24, 2.45) is 17.8 Å². The highest BCUT2D eigenvalue weighted by Gasteiger charge is 2.52. The summed E-state index contributed by atoms with van der Waals surface area (Å²) in [7, 11) is -2.00. The van der Waals surface area contributed by atoms with E-state index in [1.807, 2.05) is 6.92 Å². The summed E-state index contributed by atoms with van der Waals surface area (Å²) in [5, 5.41) is 16.8. The Morgan fingerprint density at radius 3 is 2.63 bits per heavy atom. The molecule has 0 aromatic heterocycles. The van der Waals surface area contributed by atoms with Crippen LogP contribution >= 0.6 is 0 Å². The second-order valence-corrected chi connectivity index (χ2v) is 15.0. The third kappa shape index (κ3) is 5.65. The SMILES string of the molecule is C=CCOC(=O)NC[C@H]1CCC[C@H]([C@H]2NC(=O)[C@@H]2[C@@H](C)O[Si](C)(C)C(C)(C)C)[C@@H]1O. The molecule has 1 saturated heterocycles. The number of aliphatic hydroxyl groups excluding tert-OH is 1. The molecule has 172 valence electrons. The quantitative estimate of drug-likeness (QED) is 0.306. The maximum absolute atomic E-state index is 12.4. The van der Waals surface area contributed by atoms with Crippen molar-refractivity contribution in [2.45, 2.75) is 83.3 Å². The van der Waals surface area contributed by atoms with Crippen molar-refractivity contribution >= 4 is 20.3 Å². The van der Waals surface area contributed by atoms with Gasteiger partial charge in [-0.1, -0.05) is 39.8 Å². The van der Waals surface area contributed by atoms with Crippen molar-refractivity contribution in [1.29, 1.82) is 0 Å². The number of alkyl carbamates (subject to hydrolysis) is 1. The molecule has 2 fully saturated rings. The first-order valence-electron chi connectivity index (χ1n) is 11.1. The highest BCUT2D eigenvalue weighted by atomic mass is 28.4. The Bertz CT molecular complexity index is 634. The molecule has 1 aliphatic heterocycles. The van der Waals surface area contributed by atoms with E-state index in [2.05, 4.69) is 51.1 Å². The third-order valence-corrected chi connectivity index (χ3v) is 11.7. The zero-order valence-corrected chi connectivity index (χ0v) is 20.4. The second kappa shape index (κ2) is 9.83. The van der Waals surface area contributed by atoms with E-state index in [0.717, 1.165) is 19.3 Å². The van der Waals surface area contributed by atoms with E-state index in [4.69, 9.17) is 9.16 Å². The first-order chi connectivity index (χ1) is 13.9. The maximum atomic E-state index is 12.4. The summed E-state index contributed by atoms with van der Waals surface area (Å²) >= 11 is 0. The van der Waals surface area contributed by atoms with Gasteiger partial charge >= 0.3 is 6.09 Å². The highest BCUT2D eigenvalue weighted by Crippen LogP contribution is 2.42. The summed E-state index contributed by atoms with van der Waals surface area (Å²) in [4.78, 5) is 24.1. The summed E-state index contributed by atoms with van der Waals surface area (Å²) in [5.41, 5.74) is 0. The molecule has 1 heterocycles. The zero-order valence-electron chi connectivity index (χ0n) is 19.4. The van der Waals surface area contributed by atoms with Gasteiger partial charge in [-0.05, 0) is 37.9 Å². The van der Waals surface area contributed by atoms with Gasteiger partial charge in [-0.15, -0.1) is 0 Å². The molecular formula is C22H40N2O5Si. The van der Waals surface area contributed by atoms with Gasteiger partial charge < -0.3 is 24.9 Å². The average Bonchev–Trinajstić information content (AvgIpc) is 2.62. The van der Waals surface area contributed by atoms with Gasteiger partial charge in [-0.2, -0.15) is 0 Å². The minimum atomic E-state index is -2.00. The fourth-order valence-electron chi connectivity index (χ4n) is 4.33. The van der Waals surface area contributed by atoms with Crippen LogP contribution in [0.2, 0.25) is 18.1 Å². The lowest BCUT2D eigenvalue weighted by Crippen LogP contribution is -2.68. The highest BCUT2D eigenvalue weighted by molar-refractivity contribution is 6.74. The van der Waals surface area contributed by atoms with Crippen LogP contribution in [-0.2, 0) is 14.0 Å². The minimum Gasteiger partial charge on any atom is -0.445 e. The number of ether oxygens (including phenoxy) is 1. The monoisotopic (exact) mass is 440 g/mol.